The molecule has 1 N–H and O–H groups in total. The maximum Gasteiger partial charge on any atom is 0.00790 e. The van der Waals surface area contributed by atoms with Gasteiger partial charge in [-0.15, -0.1) is 0 Å². The number of hydrogen-bond donors (Lipinski definition) is 1. The highest BCUT2D eigenvalue weighted by Gasteiger charge is 2.13. The van der Waals surface area contributed by atoms with Crippen LogP contribution in [0.2, 0.25) is 0 Å². The highest BCUT2D eigenvalue weighted by molar-refractivity contribution is 4.69. The summed E-state index contributed by atoms with van der Waals surface area (Å²) in [5.41, 5.74) is 0. The molecule has 0 radical (unpaired) electrons. The van der Waals surface area contributed by atoms with Gasteiger partial charge in [0.15, 0.2) is 0 Å². The molecule has 0 amide bonds. The zero-order valence-corrected chi connectivity index (χ0v) is 10.6. The molecule has 0 aliphatic heterocycles. The summed E-state index contributed by atoms with van der Waals surface area (Å²) in [4.78, 5) is 2.59. The second-order valence-corrected chi connectivity index (χ2v) is 4.34. The molecule has 86 valence electrons. The lowest BCUT2D eigenvalue weighted by atomic mass is 10.1. The van der Waals surface area contributed by atoms with Crippen LogP contribution in [-0.4, -0.2) is 37.6 Å². The molecule has 0 heterocycles. The maximum atomic E-state index is 3.22. The van der Waals surface area contributed by atoms with Gasteiger partial charge in [-0.3, -0.25) is 0 Å². The van der Waals surface area contributed by atoms with Gasteiger partial charge in [-0.2, -0.15) is 0 Å². The first-order chi connectivity index (χ1) is 6.65. The zero-order chi connectivity index (χ0) is 11.0. The van der Waals surface area contributed by atoms with E-state index in [2.05, 4.69) is 37.9 Å². The third kappa shape index (κ3) is 5.61. The van der Waals surface area contributed by atoms with Gasteiger partial charge in [-0.25, -0.2) is 0 Å². The molecule has 0 saturated carbocycles. The van der Waals surface area contributed by atoms with Gasteiger partial charge in [0.1, 0.15) is 0 Å². The quantitative estimate of drug-likeness (QED) is 0.647. The monoisotopic (exact) mass is 200 g/mol. The van der Waals surface area contributed by atoms with E-state index in [1.165, 1.54) is 25.9 Å². The number of nitrogens with zero attached hydrogens (tertiary/aromatic N) is 1. The van der Waals surface area contributed by atoms with Crippen molar-refractivity contribution in [2.45, 2.75) is 46.6 Å². The Balaban J connectivity index is 3.85. The minimum atomic E-state index is 0.710. The Morgan fingerprint density at radius 3 is 2.29 bits per heavy atom. The van der Waals surface area contributed by atoms with Crippen LogP contribution < -0.4 is 5.32 Å². The Labute approximate surface area is 90.1 Å². The van der Waals surface area contributed by atoms with E-state index in [-0.39, 0.29) is 0 Å². The number of rotatable bonds is 8. The summed E-state index contributed by atoms with van der Waals surface area (Å²) in [6.07, 6.45) is 2.54. The fraction of sp³-hybridized carbons (Fsp3) is 1.00. The highest BCUT2D eigenvalue weighted by atomic mass is 15.1. The maximum absolute atomic E-state index is 3.22. The van der Waals surface area contributed by atoms with E-state index in [1.54, 1.807) is 0 Å². The van der Waals surface area contributed by atoms with Crippen LogP contribution in [-0.2, 0) is 0 Å². The lowest BCUT2D eigenvalue weighted by Crippen LogP contribution is -2.37. The molecular formula is C12H28N2. The van der Waals surface area contributed by atoms with Crippen LogP contribution in [0, 0.1) is 5.92 Å². The van der Waals surface area contributed by atoms with Gasteiger partial charge in [-0.1, -0.05) is 27.2 Å². The first-order valence-electron chi connectivity index (χ1n) is 6.04. The van der Waals surface area contributed by atoms with Crippen molar-refractivity contribution < 1.29 is 0 Å². The molecule has 0 aromatic rings. The van der Waals surface area contributed by atoms with E-state index in [4.69, 9.17) is 0 Å². The van der Waals surface area contributed by atoms with E-state index in [9.17, 15) is 0 Å². The van der Waals surface area contributed by atoms with Gasteiger partial charge in [0.25, 0.3) is 0 Å². The lowest BCUT2D eigenvalue weighted by molar-refractivity contribution is 0.181. The summed E-state index contributed by atoms with van der Waals surface area (Å²) in [6.45, 7) is 12.8. The van der Waals surface area contributed by atoms with Crippen molar-refractivity contribution in [3.8, 4) is 0 Å². The van der Waals surface area contributed by atoms with Crippen molar-refractivity contribution >= 4 is 0 Å². The van der Waals surface area contributed by atoms with Gasteiger partial charge in [0, 0.05) is 12.6 Å². The fourth-order valence-corrected chi connectivity index (χ4v) is 1.69. The van der Waals surface area contributed by atoms with Crippen molar-refractivity contribution in [3.05, 3.63) is 0 Å². The van der Waals surface area contributed by atoms with Crippen LogP contribution >= 0.6 is 0 Å². The molecule has 2 unspecified atom stereocenters. The molecule has 0 spiro atoms. The third-order valence-corrected chi connectivity index (χ3v) is 3.08. The van der Waals surface area contributed by atoms with Gasteiger partial charge in [0.2, 0.25) is 0 Å². The average Bonchev–Trinajstić information content (AvgIpc) is 2.21. The molecule has 0 fully saturated rings. The van der Waals surface area contributed by atoms with Crippen molar-refractivity contribution in [1.82, 2.24) is 10.2 Å². The molecule has 14 heavy (non-hydrogen) atoms. The predicted octanol–water partition coefficient (Wildman–Crippen LogP) is 2.35. The molecule has 0 aliphatic rings. The van der Waals surface area contributed by atoms with Crippen LogP contribution in [0.5, 0.6) is 0 Å². The Bertz CT molecular complexity index is 125. The first kappa shape index (κ1) is 13.9. The summed E-state index contributed by atoms with van der Waals surface area (Å²) < 4.78 is 0. The summed E-state index contributed by atoms with van der Waals surface area (Å²) in [5, 5.41) is 3.22. The largest absolute Gasteiger partial charge is 0.320 e. The summed E-state index contributed by atoms with van der Waals surface area (Å²) in [6, 6.07) is 0.710. The third-order valence-electron chi connectivity index (χ3n) is 3.08. The molecule has 0 aromatic carbocycles. The van der Waals surface area contributed by atoms with Crippen molar-refractivity contribution in [3.63, 3.8) is 0 Å². The summed E-state index contributed by atoms with van der Waals surface area (Å²) in [5.74, 6) is 0.826. The topological polar surface area (TPSA) is 15.3 Å². The molecule has 2 atom stereocenters. The zero-order valence-electron chi connectivity index (χ0n) is 10.6. The van der Waals surface area contributed by atoms with Gasteiger partial charge >= 0.3 is 0 Å². The molecular weight excluding hydrogens is 172 g/mol. The molecule has 2 heteroatoms. The summed E-state index contributed by atoms with van der Waals surface area (Å²) >= 11 is 0. The first-order valence-corrected chi connectivity index (χ1v) is 6.04. The minimum absolute atomic E-state index is 0.710. The SMILES string of the molecule is CCC(C)CN(CC)C(C)CCNC. The van der Waals surface area contributed by atoms with Crippen LogP contribution in [0.25, 0.3) is 0 Å². The molecule has 0 bridgehead atoms. The van der Waals surface area contributed by atoms with Gasteiger partial charge < -0.3 is 10.2 Å². The van der Waals surface area contributed by atoms with Crippen LogP contribution in [0.1, 0.15) is 40.5 Å². The normalized spacial score (nSPS) is 15.9. The summed E-state index contributed by atoms with van der Waals surface area (Å²) in [7, 11) is 2.03. The fourth-order valence-electron chi connectivity index (χ4n) is 1.69. The smallest absolute Gasteiger partial charge is 0.00790 e. The minimum Gasteiger partial charge on any atom is -0.320 e. The van der Waals surface area contributed by atoms with Crippen LogP contribution in [0.15, 0.2) is 0 Å². The van der Waals surface area contributed by atoms with Crippen LogP contribution in [0.3, 0.4) is 0 Å². The van der Waals surface area contributed by atoms with E-state index in [1.807, 2.05) is 7.05 Å². The van der Waals surface area contributed by atoms with Gasteiger partial charge in [-0.05, 0) is 39.4 Å². The van der Waals surface area contributed by atoms with E-state index < -0.39 is 0 Å². The average molecular weight is 200 g/mol. The lowest BCUT2D eigenvalue weighted by Gasteiger charge is -2.30. The second kappa shape index (κ2) is 8.25. The molecule has 0 aromatic heterocycles. The number of nitrogens with one attached hydrogen (secondary N) is 1. The Morgan fingerprint density at radius 2 is 1.86 bits per heavy atom. The Hall–Kier alpha value is -0.0800. The van der Waals surface area contributed by atoms with Crippen molar-refractivity contribution in [2.24, 2.45) is 5.92 Å². The standard InChI is InChI=1S/C12H28N2/c1-6-11(3)10-14(7-2)12(4)8-9-13-5/h11-13H,6-10H2,1-5H3. The van der Waals surface area contributed by atoms with E-state index >= 15 is 0 Å². The Kier molecular flexibility index (Phi) is 8.20. The molecule has 0 saturated heterocycles. The number of hydrogen-bond acceptors (Lipinski definition) is 2. The van der Waals surface area contributed by atoms with Gasteiger partial charge in [0.05, 0.1) is 0 Å². The van der Waals surface area contributed by atoms with E-state index in [0.29, 0.717) is 6.04 Å². The molecule has 0 rings (SSSR count). The Morgan fingerprint density at radius 1 is 1.21 bits per heavy atom. The predicted molar refractivity (Wildman–Crippen MR) is 64.7 cm³/mol. The van der Waals surface area contributed by atoms with Crippen LogP contribution in [0.4, 0.5) is 0 Å². The van der Waals surface area contributed by atoms with Crippen molar-refractivity contribution in [1.29, 1.82) is 0 Å². The molecule has 2 nitrogen and oxygen atoms in total. The second-order valence-electron chi connectivity index (χ2n) is 4.34. The van der Waals surface area contributed by atoms with E-state index in [0.717, 1.165) is 12.5 Å². The highest BCUT2D eigenvalue weighted by Crippen LogP contribution is 2.09. The van der Waals surface area contributed by atoms with Crippen molar-refractivity contribution in [2.75, 3.05) is 26.7 Å². The molecule has 0 aliphatic carbocycles.